The number of halogens is 1. The average Bonchev–Trinajstić information content (AvgIpc) is 3.58. The molecule has 0 amide bonds. The van der Waals surface area contributed by atoms with E-state index in [0.29, 0.717) is 12.2 Å². The van der Waals surface area contributed by atoms with Gasteiger partial charge in [0, 0.05) is 0 Å². The van der Waals surface area contributed by atoms with Crippen LogP contribution < -0.4 is 16.4 Å². The Balaban J connectivity index is 1.63. The van der Waals surface area contributed by atoms with E-state index >= 15 is 0 Å². The van der Waals surface area contributed by atoms with E-state index in [1.165, 1.54) is 23.0 Å². The first-order chi connectivity index (χ1) is 16.7. The van der Waals surface area contributed by atoms with Gasteiger partial charge in [0.2, 0.25) is 0 Å². The van der Waals surface area contributed by atoms with Gasteiger partial charge in [-0.2, -0.15) is 0 Å². The molecule has 0 fully saturated rings. The Bertz CT molecular complexity index is 1320. The zero-order chi connectivity index (χ0) is 25.2. The predicted octanol–water partition coefficient (Wildman–Crippen LogP) is 5.89. The summed E-state index contributed by atoms with van der Waals surface area (Å²) < 4.78 is 13.7. The van der Waals surface area contributed by atoms with Crippen molar-refractivity contribution in [1.29, 1.82) is 0 Å². The van der Waals surface area contributed by atoms with Crippen molar-refractivity contribution in [3.8, 4) is 11.3 Å². The summed E-state index contributed by atoms with van der Waals surface area (Å²) >= 11 is 0. The summed E-state index contributed by atoms with van der Waals surface area (Å²) in [5, 5.41) is 4.80. The zero-order valence-corrected chi connectivity index (χ0v) is 21.7. The third-order valence-electron chi connectivity index (χ3n) is 7.12. The normalized spacial score (nSPS) is 16.2. The van der Waals surface area contributed by atoms with Crippen LogP contribution in [-0.4, -0.2) is 29.3 Å². The number of hydrogen-bond donors (Lipinski definition) is 2. The Morgan fingerprint density at radius 3 is 2.40 bits per heavy atom. The minimum atomic E-state index is -2.13. The molecule has 0 aliphatic carbocycles. The number of nitrogens with zero attached hydrogens (tertiary/aromatic N) is 2. The zero-order valence-electron chi connectivity index (χ0n) is 20.8. The third kappa shape index (κ3) is 4.92. The second-order valence-electron chi connectivity index (χ2n) is 9.53. The van der Waals surface area contributed by atoms with Gasteiger partial charge in [0.15, 0.2) is 0 Å². The summed E-state index contributed by atoms with van der Waals surface area (Å²) in [7, 11) is 0. The van der Waals surface area contributed by atoms with Gasteiger partial charge in [0.1, 0.15) is 0 Å². The first-order valence-electron chi connectivity index (χ1n) is 12.0. The molecule has 1 aliphatic rings. The SMILES string of the molecule is C=C(N)c1ccnc(C(=C)NCCc2cc(P3(C)(CC)C=C3)c(CC)c(-c3ccc(F)cc3)n2)c1. The van der Waals surface area contributed by atoms with Crippen molar-refractivity contribution in [1.82, 2.24) is 15.3 Å². The van der Waals surface area contributed by atoms with E-state index in [0.717, 1.165) is 52.9 Å². The van der Waals surface area contributed by atoms with Crippen LogP contribution in [0, 0.1) is 5.82 Å². The van der Waals surface area contributed by atoms with Crippen LogP contribution in [0.5, 0.6) is 0 Å². The van der Waals surface area contributed by atoms with E-state index in [1.54, 1.807) is 6.20 Å². The van der Waals surface area contributed by atoms with E-state index in [2.05, 4.69) is 61.7 Å². The number of nitrogens with two attached hydrogens (primary N) is 1. The Labute approximate surface area is 207 Å². The molecule has 0 radical (unpaired) electrons. The molecule has 35 heavy (non-hydrogen) atoms. The van der Waals surface area contributed by atoms with Gasteiger partial charge < -0.3 is 0 Å². The third-order valence-corrected chi connectivity index (χ3v) is 12.2. The van der Waals surface area contributed by atoms with Crippen molar-refractivity contribution < 1.29 is 4.39 Å². The molecule has 3 heterocycles. The summed E-state index contributed by atoms with van der Waals surface area (Å²) in [6.07, 6.45) is 4.42. The van der Waals surface area contributed by atoms with E-state index < -0.39 is 6.60 Å². The van der Waals surface area contributed by atoms with Gasteiger partial charge in [-0.25, -0.2) is 0 Å². The van der Waals surface area contributed by atoms with Gasteiger partial charge in [-0.15, -0.1) is 0 Å². The molecule has 182 valence electrons. The van der Waals surface area contributed by atoms with Crippen LogP contribution in [0.2, 0.25) is 0 Å². The summed E-state index contributed by atoms with van der Waals surface area (Å²) in [5.41, 5.74) is 12.8. The van der Waals surface area contributed by atoms with Crippen molar-refractivity contribution in [2.45, 2.75) is 26.7 Å². The summed E-state index contributed by atoms with van der Waals surface area (Å²) in [4.78, 5) is 9.47. The fourth-order valence-corrected chi connectivity index (χ4v) is 8.24. The van der Waals surface area contributed by atoms with E-state index in [4.69, 9.17) is 10.7 Å². The summed E-state index contributed by atoms with van der Waals surface area (Å²) in [6, 6.07) is 12.7. The van der Waals surface area contributed by atoms with Gasteiger partial charge in [-0.1, -0.05) is 0 Å². The number of rotatable bonds is 10. The van der Waals surface area contributed by atoms with Gasteiger partial charge in [0.05, 0.1) is 0 Å². The van der Waals surface area contributed by atoms with Crippen LogP contribution in [0.3, 0.4) is 0 Å². The van der Waals surface area contributed by atoms with Crippen molar-refractivity contribution in [2.75, 3.05) is 19.4 Å². The van der Waals surface area contributed by atoms with E-state index in [-0.39, 0.29) is 5.82 Å². The van der Waals surface area contributed by atoms with Gasteiger partial charge in [0.25, 0.3) is 0 Å². The number of aromatic nitrogens is 2. The number of benzene rings is 1. The predicted molar refractivity (Wildman–Crippen MR) is 149 cm³/mol. The fraction of sp³-hybridized carbons (Fsp3) is 0.241. The van der Waals surface area contributed by atoms with Crippen molar-refractivity contribution in [2.24, 2.45) is 5.73 Å². The molecular formula is C29H34FN4P. The average molecular weight is 489 g/mol. The molecule has 0 bridgehead atoms. The van der Waals surface area contributed by atoms with Crippen LogP contribution in [0.1, 0.15) is 36.4 Å². The molecule has 2 aromatic heterocycles. The molecule has 4 nitrogen and oxygen atoms in total. The van der Waals surface area contributed by atoms with Crippen molar-refractivity contribution in [3.63, 3.8) is 0 Å². The quantitative estimate of drug-likeness (QED) is 0.349. The van der Waals surface area contributed by atoms with Crippen LogP contribution in [-0.2, 0) is 12.8 Å². The van der Waals surface area contributed by atoms with Crippen molar-refractivity contribution >= 4 is 23.3 Å². The monoisotopic (exact) mass is 488 g/mol. The Kier molecular flexibility index (Phi) is 6.66. The summed E-state index contributed by atoms with van der Waals surface area (Å²) in [5.74, 6) is 4.60. The molecule has 0 saturated carbocycles. The second-order valence-corrected chi connectivity index (χ2v) is 15.2. The fourth-order valence-electron chi connectivity index (χ4n) is 4.42. The molecule has 3 N–H and O–H groups in total. The molecule has 3 aromatic rings. The first kappa shape index (κ1) is 24.8. The number of hydrogen-bond acceptors (Lipinski definition) is 4. The molecular weight excluding hydrogens is 454 g/mol. The molecule has 0 saturated heterocycles. The van der Waals surface area contributed by atoms with Crippen LogP contribution in [0.4, 0.5) is 4.39 Å². The minimum absolute atomic E-state index is 0.239. The van der Waals surface area contributed by atoms with Gasteiger partial charge >= 0.3 is 208 Å². The Hall–Kier alpha value is -3.30. The second kappa shape index (κ2) is 9.39. The van der Waals surface area contributed by atoms with Crippen molar-refractivity contribution in [3.05, 3.63) is 102 Å². The topological polar surface area (TPSA) is 63.8 Å². The van der Waals surface area contributed by atoms with E-state index in [1.807, 2.05) is 24.3 Å². The van der Waals surface area contributed by atoms with Gasteiger partial charge in [-0.3, -0.25) is 0 Å². The molecule has 6 heteroatoms. The first-order valence-corrected chi connectivity index (χ1v) is 15.0. The van der Waals surface area contributed by atoms with Gasteiger partial charge in [-0.05, 0) is 0 Å². The Morgan fingerprint density at radius 1 is 1.09 bits per heavy atom. The maximum atomic E-state index is 13.7. The molecule has 0 unspecified atom stereocenters. The summed E-state index contributed by atoms with van der Waals surface area (Å²) in [6.45, 7) is 13.3. The number of nitrogens with one attached hydrogen (secondary N) is 1. The molecule has 0 atom stereocenters. The number of pyridine rings is 2. The van der Waals surface area contributed by atoms with Crippen LogP contribution >= 0.6 is 6.60 Å². The molecule has 0 spiro atoms. The van der Waals surface area contributed by atoms with E-state index in [9.17, 15) is 4.39 Å². The standard InChI is InChI=1S/C29H34FN4P/c1-6-26-28(35(5,7-2)16-17-35)19-25(34-29(26)22-8-10-24(30)11-9-22)13-15-32-21(4)27-18-23(20(3)31)12-14-33-27/h8-12,14,16-19,32H,3-4,6-7,13,15,31H2,1-2,5H3. The molecule has 1 aromatic carbocycles. The molecule has 4 rings (SSSR count). The maximum absolute atomic E-state index is 13.7. The van der Waals surface area contributed by atoms with Crippen LogP contribution in [0.15, 0.2) is 73.5 Å². The van der Waals surface area contributed by atoms with Crippen LogP contribution in [0.25, 0.3) is 22.7 Å². The Morgan fingerprint density at radius 2 is 1.80 bits per heavy atom. The molecule has 1 aliphatic heterocycles.